The van der Waals surface area contributed by atoms with Gasteiger partial charge in [0.25, 0.3) is 0 Å². The third-order valence-electron chi connectivity index (χ3n) is 3.12. The molecule has 0 spiro atoms. The van der Waals surface area contributed by atoms with E-state index in [9.17, 15) is 0 Å². The fourth-order valence-electron chi connectivity index (χ4n) is 2.12. The minimum absolute atomic E-state index is 0.869. The smallest absolute Gasteiger partial charge is 0.125 e. The summed E-state index contributed by atoms with van der Waals surface area (Å²) in [6.07, 6.45) is 1.91. The number of ether oxygens (including phenoxy) is 1. The van der Waals surface area contributed by atoms with Crippen molar-refractivity contribution in [2.24, 2.45) is 0 Å². The van der Waals surface area contributed by atoms with E-state index >= 15 is 0 Å². The zero-order chi connectivity index (χ0) is 14.4. The fourth-order valence-corrected chi connectivity index (χ4v) is 2.12. The second-order valence-electron chi connectivity index (χ2n) is 4.83. The number of hydrogen-bond acceptors (Lipinski definition) is 4. The van der Waals surface area contributed by atoms with Gasteiger partial charge in [-0.05, 0) is 36.4 Å². The van der Waals surface area contributed by atoms with Crippen LogP contribution in [0, 0.1) is 0 Å². The fraction of sp³-hybridized carbons (Fsp3) is 0.312. The third-order valence-corrected chi connectivity index (χ3v) is 3.12. The highest BCUT2D eigenvalue weighted by Gasteiger charge is 2.03. The highest BCUT2D eigenvalue weighted by atomic mass is 16.5. The van der Waals surface area contributed by atoms with Crippen LogP contribution in [-0.2, 0) is 13.1 Å². The first-order valence-electron chi connectivity index (χ1n) is 6.65. The van der Waals surface area contributed by atoms with Crippen molar-refractivity contribution in [3.63, 3.8) is 0 Å². The first-order valence-corrected chi connectivity index (χ1v) is 6.65. The molecule has 4 heteroatoms. The zero-order valence-electron chi connectivity index (χ0n) is 12.3. The van der Waals surface area contributed by atoms with Gasteiger partial charge in [0.15, 0.2) is 0 Å². The van der Waals surface area contributed by atoms with E-state index in [1.807, 2.05) is 31.4 Å². The molecule has 2 rings (SSSR count). The van der Waals surface area contributed by atoms with E-state index in [2.05, 4.69) is 40.4 Å². The molecule has 0 aliphatic carbocycles. The topological polar surface area (TPSA) is 37.4 Å². The predicted octanol–water partition coefficient (Wildman–Crippen LogP) is 2.76. The van der Waals surface area contributed by atoms with Crippen molar-refractivity contribution in [1.29, 1.82) is 0 Å². The Kier molecular flexibility index (Phi) is 4.96. The van der Waals surface area contributed by atoms with Crippen LogP contribution in [0.15, 0.2) is 42.6 Å². The minimum atomic E-state index is 0.869. The Labute approximate surface area is 120 Å². The molecule has 0 aliphatic heterocycles. The Morgan fingerprint density at radius 1 is 1.15 bits per heavy atom. The van der Waals surface area contributed by atoms with Gasteiger partial charge in [-0.15, -0.1) is 0 Å². The van der Waals surface area contributed by atoms with Crippen molar-refractivity contribution >= 4 is 5.82 Å². The second-order valence-corrected chi connectivity index (χ2v) is 4.83. The molecule has 0 aliphatic rings. The summed E-state index contributed by atoms with van der Waals surface area (Å²) in [6, 6.07) is 12.3. The molecular weight excluding hydrogens is 250 g/mol. The van der Waals surface area contributed by atoms with Crippen LogP contribution in [0.5, 0.6) is 5.75 Å². The van der Waals surface area contributed by atoms with Crippen molar-refractivity contribution in [2.45, 2.75) is 13.1 Å². The van der Waals surface area contributed by atoms with Crippen LogP contribution in [0.1, 0.15) is 11.1 Å². The van der Waals surface area contributed by atoms with E-state index in [4.69, 9.17) is 4.74 Å². The van der Waals surface area contributed by atoms with Crippen molar-refractivity contribution in [1.82, 2.24) is 9.88 Å². The van der Waals surface area contributed by atoms with Crippen LogP contribution in [0.4, 0.5) is 5.82 Å². The summed E-state index contributed by atoms with van der Waals surface area (Å²) < 4.78 is 5.24. The van der Waals surface area contributed by atoms with Crippen LogP contribution in [0.3, 0.4) is 0 Å². The lowest BCUT2D eigenvalue weighted by molar-refractivity contribution is 0.318. The number of aromatic nitrogens is 1. The summed E-state index contributed by atoms with van der Waals surface area (Å²) in [6.45, 7) is 1.75. The number of rotatable bonds is 6. The van der Waals surface area contributed by atoms with Gasteiger partial charge in [0.2, 0.25) is 0 Å². The zero-order valence-corrected chi connectivity index (χ0v) is 12.3. The average molecular weight is 271 g/mol. The second kappa shape index (κ2) is 6.91. The predicted molar refractivity (Wildman–Crippen MR) is 81.9 cm³/mol. The number of anilines is 1. The molecule has 0 saturated heterocycles. The van der Waals surface area contributed by atoms with Gasteiger partial charge < -0.3 is 10.1 Å². The molecule has 0 bridgehead atoms. The normalized spacial score (nSPS) is 10.6. The summed E-state index contributed by atoms with van der Waals surface area (Å²) in [5.74, 6) is 1.79. The van der Waals surface area contributed by atoms with Gasteiger partial charge in [-0.3, -0.25) is 4.90 Å². The summed E-state index contributed by atoms with van der Waals surface area (Å²) in [4.78, 5) is 6.58. The number of hydrogen-bond donors (Lipinski definition) is 1. The monoisotopic (exact) mass is 271 g/mol. The van der Waals surface area contributed by atoms with Gasteiger partial charge >= 0.3 is 0 Å². The molecule has 0 atom stereocenters. The van der Waals surface area contributed by atoms with Crippen LogP contribution in [0.25, 0.3) is 0 Å². The standard InChI is InChI=1S/C16H21N3O/c1-17-16-8-7-14(10-18-16)12-19(2)11-13-5-4-6-15(9-13)20-3/h4-10H,11-12H2,1-3H3,(H,17,18). The largest absolute Gasteiger partial charge is 0.497 e. The highest BCUT2D eigenvalue weighted by molar-refractivity contribution is 5.34. The Bertz CT molecular complexity index is 540. The lowest BCUT2D eigenvalue weighted by Crippen LogP contribution is -2.17. The molecule has 2 aromatic rings. The van der Waals surface area contributed by atoms with E-state index < -0.39 is 0 Å². The van der Waals surface area contributed by atoms with E-state index in [-0.39, 0.29) is 0 Å². The van der Waals surface area contributed by atoms with E-state index in [1.165, 1.54) is 11.1 Å². The number of nitrogens with zero attached hydrogens (tertiary/aromatic N) is 2. The Balaban J connectivity index is 1.95. The first kappa shape index (κ1) is 14.3. The van der Waals surface area contributed by atoms with Crippen molar-refractivity contribution in [3.05, 3.63) is 53.7 Å². The lowest BCUT2D eigenvalue weighted by atomic mass is 10.2. The minimum Gasteiger partial charge on any atom is -0.497 e. The van der Waals surface area contributed by atoms with E-state index in [0.717, 1.165) is 24.7 Å². The van der Waals surface area contributed by atoms with E-state index in [0.29, 0.717) is 0 Å². The summed E-state index contributed by atoms with van der Waals surface area (Å²) in [5.41, 5.74) is 2.45. The van der Waals surface area contributed by atoms with Gasteiger partial charge in [0.05, 0.1) is 7.11 Å². The van der Waals surface area contributed by atoms with Crippen molar-refractivity contribution in [3.8, 4) is 5.75 Å². The lowest BCUT2D eigenvalue weighted by Gasteiger charge is -2.17. The van der Waals surface area contributed by atoms with E-state index in [1.54, 1.807) is 7.11 Å². The quantitative estimate of drug-likeness (QED) is 0.876. The summed E-state index contributed by atoms with van der Waals surface area (Å²) in [5, 5.41) is 3.02. The molecule has 1 N–H and O–H groups in total. The molecule has 0 fully saturated rings. The molecule has 0 unspecified atom stereocenters. The van der Waals surface area contributed by atoms with Gasteiger partial charge in [0, 0.05) is 26.3 Å². The van der Waals surface area contributed by atoms with Crippen molar-refractivity contribution in [2.75, 3.05) is 26.5 Å². The molecular formula is C16H21N3O. The molecule has 1 aromatic heterocycles. The first-order chi connectivity index (χ1) is 9.71. The van der Waals surface area contributed by atoms with Crippen LogP contribution < -0.4 is 10.1 Å². The Morgan fingerprint density at radius 3 is 2.60 bits per heavy atom. The van der Waals surface area contributed by atoms with Crippen LogP contribution in [-0.4, -0.2) is 31.1 Å². The van der Waals surface area contributed by atoms with Crippen LogP contribution >= 0.6 is 0 Å². The SMILES string of the molecule is CNc1ccc(CN(C)Cc2cccc(OC)c2)cn1. The Morgan fingerprint density at radius 2 is 1.95 bits per heavy atom. The number of pyridine rings is 1. The maximum atomic E-state index is 5.24. The third kappa shape index (κ3) is 3.96. The average Bonchev–Trinajstić information content (AvgIpc) is 2.48. The molecule has 0 saturated carbocycles. The van der Waals surface area contributed by atoms with Gasteiger partial charge in [-0.1, -0.05) is 18.2 Å². The number of benzene rings is 1. The molecule has 0 amide bonds. The number of methoxy groups -OCH3 is 1. The molecule has 106 valence electrons. The summed E-state index contributed by atoms with van der Waals surface area (Å²) >= 11 is 0. The Hall–Kier alpha value is -2.07. The number of nitrogens with one attached hydrogen (secondary N) is 1. The van der Waals surface area contributed by atoms with Gasteiger partial charge in [-0.25, -0.2) is 4.98 Å². The molecule has 20 heavy (non-hydrogen) atoms. The molecule has 1 aromatic carbocycles. The molecule has 4 nitrogen and oxygen atoms in total. The van der Waals surface area contributed by atoms with Gasteiger partial charge in [0.1, 0.15) is 11.6 Å². The molecule has 0 radical (unpaired) electrons. The van der Waals surface area contributed by atoms with Gasteiger partial charge in [-0.2, -0.15) is 0 Å². The maximum Gasteiger partial charge on any atom is 0.125 e. The maximum absolute atomic E-state index is 5.24. The highest BCUT2D eigenvalue weighted by Crippen LogP contribution is 2.15. The van der Waals surface area contributed by atoms with Crippen LogP contribution in [0.2, 0.25) is 0 Å². The van der Waals surface area contributed by atoms with Crippen molar-refractivity contribution < 1.29 is 4.74 Å². The molecule has 1 heterocycles. The summed E-state index contributed by atoms with van der Waals surface area (Å²) in [7, 11) is 5.67.